The molecule has 1 spiro atoms. The fourth-order valence-corrected chi connectivity index (χ4v) is 4.85. The van der Waals surface area contributed by atoms with Gasteiger partial charge in [0.25, 0.3) is 0 Å². The van der Waals surface area contributed by atoms with Crippen LogP contribution in [-0.2, 0) is 20.8 Å². The van der Waals surface area contributed by atoms with Crippen molar-refractivity contribution in [2.45, 2.75) is 50.9 Å². The maximum atomic E-state index is 10.6. The molecule has 0 amide bonds. The normalized spacial score (nSPS) is 23.5. The molecule has 9 heteroatoms. The third kappa shape index (κ3) is 6.41. The molecule has 1 aliphatic carbocycles. The number of likely N-dealkylation sites (tertiary alicyclic amines) is 1. The van der Waals surface area contributed by atoms with E-state index < -0.39 is 12.1 Å². The maximum Gasteiger partial charge on any atom is 0.490 e. The van der Waals surface area contributed by atoms with Crippen LogP contribution in [0.3, 0.4) is 0 Å². The average Bonchev–Trinajstić information content (AvgIpc) is 3.20. The summed E-state index contributed by atoms with van der Waals surface area (Å²) >= 11 is 1.92. The molecule has 0 radical (unpaired) electrons. The molecule has 0 aromatic carbocycles. The Hall–Kier alpha value is -1.16. The highest BCUT2D eigenvalue weighted by Crippen LogP contribution is 2.42. The van der Waals surface area contributed by atoms with Gasteiger partial charge in [-0.2, -0.15) is 13.2 Å². The molecule has 1 aromatic rings. The second-order valence-corrected chi connectivity index (χ2v) is 9.54. The van der Waals surface area contributed by atoms with Crippen molar-refractivity contribution in [1.29, 1.82) is 0 Å². The molecule has 5 nitrogen and oxygen atoms in total. The van der Waals surface area contributed by atoms with Crippen LogP contribution in [0, 0.1) is 18.8 Å². The Kier molecular flexibility index (Phi) is 7.24. The Balaban J connectivity index is 0.000000298. The summed E-state index contributed by atoms with van der Waals surface area (Å²) in [5.41, 5.74) is 0.148. The number of carboxylic acid groups (broad SMARTS) is 1. The van der Waals surface area contributed by atoms with Crippen LogP contribution in [0.25, 0.3) is 0 Å². The molecule has 3 heterocycles. The number of aliphatic carboxylic acids is 1. The van der Waals surface area contributed by atoms with E-state index in [4.69, 9.17) is 19.4 Å². The SMILES string of the molecule is Cc1ccc(CN2CC3(C2)OCCC3CCOCC2CC2)s1.O=C(O)C(F)(F)F. The van der Waals surface area contributed by atoms with Crippen LogP contribution in [0.1, 0.15) is 35.4 Å². The van der Waals surface area contributed by atoms with E-state index in [1.165, 1.54) is 35.4 Å². The van der Waals surface area contributed by atoms with E-state index >= 15 is 0 Å². The molecule has 1 unspecified atom stereocenters. The number of carboxylic acids is 1. The summed E-state index contributed by atoms with van der Waals surface area (Å²) in [5, 5.41) is 7.12. The van der Waals surface area contributed by atoms with Gasteiger partial charge >= 0.3 is 12.1 Å². The fraction of sp³-hybridized carbons (Fsp3) is 0.750. The largest absolute Gasteiger partial charge is 0.490 e. The number of alkyl halides is 3. The topological polar surface area (TPSA) is 59.0 Å². The average molecular weight is 436 g/mol. The van der Waals surface area contributed by atoms with E-state index in [0.717, 1.165) is 45.4 Å². The van der Waals surface area contributed by atoms with Crippen molar-refractivity contribution in [3.05, 3.63) is 21.9 Å². The lowest BCUT2D eigenvalue weighted by Gasteiger charge is -2.50. The van der Waals surface area contributed by atoms with E-state index in [9.17, 15) is 13.2 Å². The lowest BCUT2D eigenvalue weighted by molar-refractivity contribution is -0.192. The van der Waals surface area contributed by atoms with Gasteiger partial charge in [-0.15, -0.1) is 11.3 Å². The molecule has 2 saturated heterocycles. The zero-order valence-corrected chi connectivity index (χ0v) is 17.4. The molecule has 1 aromatic heterocycles. The van der Waals surface area contributed by atoms with Crippen molar-refractivity contribution >= 4 is 17.3 Å². The van der Waals surface area contributed by atoms with Gasteiger partial charge < -0.3 is 14.6 Å². The van der Waals surface area contributed by atoms with E-state index in [-0.39, 0.29) is 5.60 Å². The number of rotatable bonds is 7. The van der Waals surface area contributed by atoms with Crippen LogP contribution in [0.2, 0.25) is 0 Å². The fourth-order valence-electron chi connectivity index (χ4n) is 3.92. The number of hydrogen-bond donors (Lipinski definition) is 1. The van der Waals surface area contributed by atoms with Crippen molar-refractivity contribution in [2.75, 3.05) is 32.9 Å². The van der Waals surface area contributed by atoms with Gasteiger partial charge in [-0.25, -0.2) is 4.79 Å². The van der Waals surface area contributed by atoms with E-state index in [1.54, 1.807) is 0 Å². The van der Waals surface area contributed by atoms with Crippen LogP contribution in [-0.4, -0.2) is 60.7 Å². The second kappa shape index (κ2) is 9.32. The molecule has 1 N–H and O–H groups in total. The van der Waals surface area contributed by atoms with Gasteiger partial charge in [0, 0.05) is 49.2 Å². The molecular weight excluding hydrogens is 407 g/mol. The molecule has 0 bridgehead atoms. The summed E-state index contributed by atoms with van der Waals surface area (Å²) in [6, 6.07) is 4.49. The van der Waals surface area contributed by atoms with Gasteiger partial charge in [0.15, 0.2) is 0 Å². The smallest absolute Gasteiger partial charge is 0.475 e. The summed E-state index contributed by atoms with van der Waals surface area (Å²) in [6.45, 7) is 8.35. The number of halogens is 3. The lowest BCUT2D eigenvalue weighted by Crippen LogP contribution is -2.64. The Bertz CT molecular complexity index is 684. The van der Waals surface area contributed by atoms with Gasteiger partial charge in [-0.3, -0.25) is 4.90 Å². The Morgan fingerprint density at radius 2 is 2.03 bits per heavy atom. The summed E-state index contributed by atoms with van der Waals surface area (Å²) in [7, 11) is 0. The minimum absolute atomic E-state index is 0.148. The van der Waals surface area contributed by atoms with Gasteiger partial charge in [0.1, 0.15) is 0 Å². The first-order valence-corrected chi connectivity index (χ1v) is 10.8. The molecule has 1 atom stereocenters. The van der Waals surface area contributed by atoms with Crippen molar-refractivity contribution in [2.24, 2.45) is 11.8 Å². The third-order valence-electron chi connectivity index (χ3n) is 5.66. The number of thiophene rings is 1. The monoisotopic (exact) mass is 435 g/mol. The summed E-state index contributed by atoms with van der Waals surface area (Å²) in [4.78, 5) is 14.3. The molecule has 164 valence electrons. The third-order valence-corrected chi connectivity index (χ3v) is 6.65. The van der Waals surface area contributed by atoms with Crippen LogP contribution in [0.5, 0.6) is 0 Å². The zero-order chi connectivity index (χ0) is 21.1. The van der Waals surface area contributed by atoms with Crippen LogP contribution in [0.15, 0.2) is 12.1 Å². The molecule has 2 aliphatic heterocycles. The number of carbonyl (C=O) groups is 1. The van der Waals surface area contributed by atoms with E-state index in [1.807, 2.05) is 11.3 Å². The van der Waals surface area contributed by atoms with E-state index in [0.29, 0.717) is 5.92 Å². The van der Waals surface area contributed by atoms with E-state index in [2.05, 4.69) is 24.0 Å². The van der Waals surface area contributed by atoms with Crippen molar-refractivity contribution in [3.8, 4) is 0 Å². The molecular formula is C20H28F3NO4S. The summed E-state index contributed by atoms with van der Waals surface area (Å²) < 4.78 is 43.7. The van der Waals surface area contributed by atoms with Gasteiger partial charge in [0.2, 0.25) is 0 Å². The van der Waals surface area contributed by atoms with Gasteiger partial charge in [0.05, 0.1) is 5.60 Å². The number of hydrogen-bond acceptors (Lipinski definition) is 5. The van der Waals surface area contributed by atoms with Crippen LogP contribution >= 0.6 is 11.3 Å². The van der Waals surface area contributed by atoms with Crippen LogP contribution < -0.4 is 0 Å². The number of ether oxygens (including phenoxy) is 2. The highest BCUT2D eigenvalue weighted by atomic mass is 32.1. The van der Waals surface area contributed by atoms with Crippen molar-refractivity contribution < 1.29 is 32.5 Å². The lowest BCUT2D eigenvalue weighted by atomic mass is 9.79. The van der Waals surface area contributed by atoms with Gasteiger partial charge in [-0.1, -0.05) is 0 Å². The summed E-state index contributed by atoms with van der Waals surface area (Å²) in [5.74, 6) is -1.18. The highest BCUT2D eigenvalue weighted by Gasteiger charge is 2.52. The van der Waals surface area contributed by atoms with Crippen molar-refractivity contribution in [3.63, 3.8) is 0 Å². The minimum atomic E-state index is -5.08. The Morgan fingerprint density at radius 1 is 1.34 bits per heavy atom. The number of nitrogens with zero attached hydrogens (tertiary/aromatic N) is 1. The first-order valence-electron chi connectivity index (χ1n) is 9.97. The predicted octanol–water partition coefficient (Wildman–Crippen LogP) is 4.10. The number of aryl methyl sites for hydroxylation is 1. The zero-order valence-electron chi connectivity index (χ0n) is 16.5. The highest BCUT2D eigenvalue weighted by molar-refractivity contribution is 7.11. The first-order chi connectivity index (χ1) is 13.7. The molecule has 1 saturated carbocycles. The predicted molar refractivity (Wildman–Crippen MR) is 103 cm³/mol. The standard InChI is InChI=1S/C18H27NO2S.C2HF3O2/c1-14-2-5-17(22-14)10-19-12-18(13-19)16(7-9-21-18)6-8-20-11-15-3-4-15;3-2(4,5)1(6)7/h2,5,15-16H,3-4,6-13H2,1H3;(H,6,7). The maximum absolute atomic E-state index is 10.6. The quantitative estimate of drug-likeness (QED) is 0.654. The van der Waals surface area contributed by atoms with Crippen LogP contribution in [0.4, 0.5) is 13.2 Å². The molecule has 3 fully saturated rings. The minimum Gasteiger partial charge on any atom is -0.475 e. The second-order valence-electron chi connectivity index (χ2n) is 8.17. The van der Waals surface area contributed by atoms with Gasteiger partial charge in [-0.05, 0) is 56.6 Å². The van der Waals surface area contributed by atoms with Crippen molar-refractivity contribution in [1.82, 2.24) is 4.90 Å². The Labute approximate surface area is 172 Å². The molecule has 29 heavy (non-hydrogen) atoms. The summed E-state index contributed by atoms with van der Waals surface area (Å²) in [6.07, 6.45) is 0.0820. The molecule has 3 aliphatic rings. The first kappa shape index (κ1) is 22.5. The Morgan fingerprint density at radius 3 is 2.59 bits per heavy atom. The molecule has 4 rings (SSSR count).